The number of hydrogen-bond acceptors (Lipinski definition) is 3. The van der Waals surface area contributed by atoms with Crippen LogP contribution in [-0.2, 0) is 6.42 Å². The summed E-state index contributed by atoms with van der Waals surface area (Å²) >= 11 is 0. The smallest absolute Gasteiger partial charge is 0.124 e. The van der Waals surface area contributed by atoms with Gasteiger partial charge in [-0.3, -0.25) is 5.10 Å². The number of benzene rings is 1. The van der Waals surface area contributed by atoms with Crippen molar-refractivity contribution in [3.8, 4) is 0 Å². The highest BCUT2D eigenvalue weighted by Crippen LogP contribution is 2.41. The predicted molar refractivity (Wildman–Crippen MR) is 65.5 cm³/mol. The maximum absolute atomic E-state index is 10.1. The van der Waals surface area contributed by atoms with Gasteiger partial charge in [0, 0.05) is 5.56 Å². The van der Waals surface area contributed by atoms with Crippen molar-refractivity contribution in [3.63, 3.8) is 0 Å². The second kappa shape index (κ2) is 3.89. The SMILES string of the molecule is Nc1[nH]ncc1C(O)CC1Cc2ccccc21. The van der Waals surface area contributed by atoms with Crippen LogP contribution in [0.15, 0.2) is 30.5 Å². The van der Waals surface area contributed by atoms with Crippen LogP contribution in [0.5, 0.6) is 0 Å². The molecule has 4 heteroatoms. The molecule has 88 valence electrons. The highest BCUT2D eigenvalue weighted by molar-refractivity contribution is 5.42. The Morgan fingerprint density at radius 1 is 1.47 bits per heavy atom. The summed E-state index contributed by atoms with van der Waals surface area (Å²) in [5.74, 6) is 0.903. The number of nitrogens with zero attached hydrogens (tertiary/aromatic N) is 1. The zero-order valence-electron chi connectivity index (χ0n) is 9.43. The number of nitrogens with two attached hydrogens (primary N) is 1. The first kappa shape index (κ1) is 10.4. The number of fused-ring (bicyclic) bond motifs is 1. The van der Waals surface area contributed by atoms with Gasteiger partial charge >= 0.3 is 0 Å². The molecule has 1 aromatic heterocycles. The van der Waals surface area contributed by atoms with Crippen LogP contribution in [0.2, 0.25) is 0 Å². The molecule has 0 fully saturated rings. The van der Waals surface area contributed by atoms with Gasteiger partial charge in [0.15, 0.2) is 0 Å². The van der Waals surface area contributed by atoms with Crippen LogP contribution < -0.4 is 5.73 Å². The lowest BCUT2D eigenvalue weighted by Gasteiger charge is -2.31. The Bertz CT molecular complexity index is 535. The molecule has 3 rings (SSSR count). The highest BCUT2D eigenvalue weighted by atomic mass is 16.3. The minimum Gasteiger partial charge on any atom is -0.388 e. The molecule has 2 atom stereocenters. The second-order valence-electron chi connectivity index (χ2n) is 4.59. The van der Waals surface area contributed by atoms with Crippen molar-refractivity contribution >= 4 is 5.82 Å². The Morgan fingerprint density at radius 3 is 3.00 bits per heavy atom. The van der Waals surface area contributed by atoms with Crippen LogP contribution in [-0.4, -0.2) is 15.3 Å². The Morgan fingerprint density at radius 2 is 2.29 bits per heavy atom. The van der Waals surface area contributed by atoms with Gasteiger partial charge in [-0.25, -0.2) is 0 Å². The summed E-state index contributed by atoms with van der Waals surface area (Å²) in [6.45, 7) is 0. The Labute approximate surface area is 99.5 Å². The van der Waals surface area contributed by atoms with Gasteiger partial charge in [0.25, 0.3) is 0 Å². The zero-order valence-corrected chi connectivity index (χ0v) is 9.43. The van der Waals surface area contributed by atoms with Crippen molar-refractivity contribution in [2.75, 3.05) is 5.73 Å². The molecule has 4 N–H and O–H groups in total. The van der Waals surface area contributed by atoms with Crippen molar-refractivity contribution in [3.05, 3.63) is 47.2 Å². The largest absolute Gasteiger partial charge is 0.388 e. The van der Waals surface area contributed by atoms with Crippen LogP contribution in [0.25, 0.3) is 0 Å². The number of H-pyrrole nitrogens is 1. The van der Waals surface area contributed by atoms with E-state index in [2.05, 4.69) is 28.4 Å². The van der Waals surface area contributed by atoms with Crippen LogP contribution >= 0.6 is 0 Å². The van der Waals surface area contributed by atoms with E-state index in [-0.39, 0.29) is 0 Å². The summed E-state index contributed by atoms with van der Waals surface area (Å²) in [6, 6.07) is 8.38. The van der Waals surface area contributed by atoms with Crippen molar-refractivity contribution in [2.24, 2.45) is 0 Å². The number of nitrogens with one attached hydrogen (secondary N) is 1. The lowest BCUT2D eigenvalue weighted by atomic mass is 9.74. The number of aromatic nitrogens is 2. The lowest BCUT2D eigenvalue weighted by Crippen LogP contribution is -2.19. The zero-order chi connectivity index (χ0) is 11.8. The molecule has 0 saturated heterocycles. The fourth-order valence-electron chi connectivity index (χ4n) is 2.54. The Kier molecular flexibility index (Phi) is 2.37. The second-order valence-corrected chi connectivity index (χ2v) is 4.59. The van der Waals surface area contributed by atoms with E-state index in [1.165, 1.54) is 11.1 Å². The third kappa shape index (κ3) is 1.70. The third-order valence-corrected chi connectivity index (χ3v) is 3.53. The summed E-state index contributed by atoms with van der Waals surface area (Å²) < 4.78 is 0. The van der Waals surface area contributed by atoms with Gasteiger partial charge < -0.3 is 10.8 Å². The summed E-state index contributed by atoms with van der Waals surface area (Å²) in [6.07, 6.45) is 2.82. The van der Waals surface area contributed by atoms with E-state index in [9.17, 15) is 5.11 Å². The van der Waals surface area contributed by atoms with Gasteiger partial charge in [-0.15, -0.1) is 0 Å². The minimum atomic E-state index is -0.535. The summed E-state index contributed by atoms with van der Waals surface area (Å²) in [7, 11) is 0. The number of aromatic amines is 1. The standard InChI is InChI=1S/C13H15N3O/c14-13-11(7-15-16-13)12(17)6-9-5-8-3-1-2-4-10(8)9/h1-4,7,9,12,17H,5-6H2,(H3,14,15,16). The number of aliphatic hydroxyl groups is 1. The van der Waals surface area contributed by atoms with E-state index >= 15 is 0 Å². The molecule has 17 heavy (non-hydrogen) atoms. The molecule has 0 spiro atoms. The maximum Gasteiger partial charge on any atom is 0.124 e. The molecule has 2 unspecified atom stereocenters. The first-order valence-corrected chi connectivity index (χ1v) is 5.80. The molecule has 2 aromatic rings. The van der Waals surface area contributed by atoms with E-state index in [0.717, 1.165) is 6.42 Å². The molecule has 1 aromatic carbocycles. The van der Waals surface area contributed by atoms with Crippen molar-refractivity contribution < 1.29 is 5.11 Å². The van der Waals surface area contributed by atoms with Crippen molar-refractivity contribution in [2.45, 2.75) is 24.9 Å². The van der Waals surface area contributed by atoms with E-state index in [1.807, 2.05) is 6.07 Å². The number of anilines is 1. The van der Waals surface area contributed by atoms with Gasteiger partial charge in [0.1, 0.15) is 5.82 Å². The predicted octanol–water partition coefficient (Wildman–Crippen LogP) is 1.76. The number of nitrogen functional groups attached to an aromatic ring is 1. The average Bonchev–Trinajstić information content (AvgIpc) is 2.72. The van der Waals surface area contributed by atoms with Crippen molar-refractivity contribution in [1.82, 2.24) is 10.2 Å². The summed E-state index contributed by atoms with van der Waals surface area (Å²) in [5.41, 5.74) is 9.14. The lowest BCUT2D eigenvalue weighted by molar-refractivity contribution is 0.154. The fourth-order valence-corrected chi connectivity index (χ4v) is 2.54. The van der Waals surface area contributed by atoms with E-state index in [4.69, 9.17) is 5.73 Å². The molecule has 0 aliphatic heterocycles. The topological polar surface area (TPSA) is 74.9 Å². The number of hydrogen-bond donors (Lipinski definition) is 3. The summed E-state index contributed by atoms with van der Waals surface area (Å²) in [5, 5.41) is 16.6. The highest BCUT2D eigenvalue weighted by Gasteiger charge is 2.28. The first-order valence-electron chi connectivity index (χ1n) is 5.80. The molecular formula is C13H15N3O. The molecule has 0 radical (unpaired) electrons. The molecule has 1 aliphatic carbocycles. The van der Waals surface area contributed by atoms with Gasteiger partial charge in [-0.1, -0.05) is 24.3 Å². The van der Waals surface area contributed by atoms with Crippen LogP contribution in [0.3, 0.4) is 0 Å². The number of aliphatic hydroxyl groups excluding tert-OH is 1. The van der Waals surface area contributed by atoms with Gasteiger partial charge in [0.05, 0.1) is 12.3 Å². The Balaban J connectivity index is 1.72. The molecular weight excluding hydrogens is 214 g/mol. The van der Waals surface area contributed by atoms with E-state index in [0.29, 0.717) is 23.7 Å². The quantitative estimate of drug-likeness (QED) is 0.750. The first-order chi connectivity index (χ1) is 8.25. The summed E-state index contributed by atoms with van der Waals surface area (Å²) in [4.78, 5) is 0. The van der Waals surface area contributed by atoms with Gasteiger partial charge in [-0.05, 0) is 29.9 Å². The molecule has 1 heterocycles. The van der Waals surface area contributed by atoms with Crippen LogP contribution in [0.4, 0.5) is 5.82 Å². The van der Waals surface area contributed by atoms with E-state index < -0.39 is 6.10 Å². The van der Waals surface area contributed by atoms with Crippen molar-refractivity contribution in [1.29, 1.82) is 0 Å². The molecule has 0 bridgehead atoms. The number of rotatable bonds is 3. The monoisotopic (exact) mass is 229 g/mol. The normalized spacial score (nSPS) is 19.5. The van der Waals surface area contributed by atoms with E-state index in [1.54, 1.807) is 6.20 Å². The van der Waals surface area contributed by atoms with Crippen LogP contribution in [0.1, 0.15) is 35.1 Å². The molecule has 1 aliphatic rings. The third-order valence-electron chi connectivity index (χ3n) is 3.53. The van der Waals surface area contributed by atoms with Gasteiger partial charge in [0.2, 0.25) is 0 Å². The fraction of sp³-hybridized carbons (Fsp3) is 0.308. The average molecular weight is 229 g/mol. The van der Waals surface area contributed by atoms with Crippen LogP contribution in [0, 0.1) is 0 Å². The molecule has 0 amide bonds. The molecule has 4 nitrogen and oxygen atoms in total. The van der Waals surface area contributed by atoms with Gasteiger partial charge in [-0.2, -0.15) is 5.10 Å². The minimum absolute atomic E-state index is 0.440. The Hall–Kier alpha value is -1.81. The maximum atomic E-state index is 10.1. The molecule has 0 saturated carbocycles.